The third-order valence-corrected chi connectivity index (χ3v) is 4.28. The highest BCUT2D eigenvalue weighted by atomic mass is 79.9. The molecule has 0 fully saturated rings. The molecule has 0 aliphatic heterocycles. The highest BCUT2D eigenvalue weighted by Gasteiger charge is 2.23. The van der Waals surface area contributed by atoms with Crippen LogP contribution >= 0.6 is 15.9 Å². The first-order chi connectivity index (χ1) is 10.4. The first-order valence-electron chi connectivity index (χ1n) is 7.15. The van der Waals surface area contributed by atoms with E-state index < -0.39 is 12.0 Å². The lowest BCUT2D eigenvalue weighted by atomic mass is 10.0. The predicted molar refractivity (Wildman–Crippen MR) is 88.7 cm³/mol. The number of halogens is 1. The standard InChI is InChI=1S/C16H19BrN2O3/c1-10(2)15(16(21)22)18-14(20)7-9-19-8-6-11-12(17)4-3-5-13(11)19/h3-6,8,10,15H,7,9H2,1-2H3,(H,18,20)(H,21,22)/t15-/m1/s1. The maximum absolute atomic E-state index is 12.0. The first-order valence-corrected chi connectivity index (χ1v) is 7.95. The van der Waals surface area contributed by atoms with Crippen LogP contribution in [0.25, 0.3) is 10.9 Å². The van der Waals surface area contributed by atoms with Crippen molar-refractivity contribution in [1.29, 1.82) is 0 Å². The number of amides is 1. The summed E-state index contributed by atoms with van der Waals surface area (Å²) in [6.45, 7) is 4.06. The van der Waals surface area contributed by atoms with Gasteiger partial charge in [0, 0.05) is 34.5 Å². The summed E-state index contributed by atoms with van der Waals surface area (Å²) in [6, 6.07) is 7.06. The zero-order valence-corrected chi connectivity index (χ0v) is 14.1. The smallest absolute Gasteiger partial charge is 0.326 e. The van der Waals surface area contributed by atoms with Gasteiger partial charge in [0.1, 0.15) is 6.04 Å². The molecule has 0 radical (unpaired) electrons. The third-order valence-electron chi connectivity index (χ3n) is 3.59. The minimum absolute atomic E-state index is 0.148. The first kappa shape index (κ1) is 16.5. The van der Waals surface area contributed by atoms with Crippen molar-refractivity contribution in [2.75, 3.05) is 0 Å². The fourth-order valence-electron chi connectivity index (χ4n) is 2.36. The van der Waals surface area contributed by atoms with E-state index >= 15 is 0 Å². The summed E-state index contributed by atoms with van der Waals surface area (Å²) in [5.74, 6) is -1.40. The molecule has 118 valence electrons. The summed E-state index contributed by atoms with van der Waals surface area (Å²) < 4.78 is 3.00. The van der Waals surface area contributed by atoms with Gasteiger partial charge >= 0.3 is 5.97 Å². The number of carboxylic acids is 1. The van der Waals surface area contributed by atoms with Crippen LogP contribution in [0, 0.1) is 5.92 Å². The number of fused-ring (bicyclic) bond motifs is 1. The van der Waals surface area contributed by atoms with Crippen molar-refractivity contribution < 1.29 is 14.7 Å². The Balaban J connectivity index is 2.01. The Morgan fingerprint density at radius 1 is 1.32 bits per heavy atom. The summed E-state index contributed by atoms with van der Waals surface area (Å²) in [7, 11) is 0. The molecule has 22 heavy (non-hydrogen) atoms. The number of aromatic nitrogens is 1. The number of hydrogen-bond donors (Lipinski definition) is 2. The monoisotopic (exact) mass is 366 g/mol. The van der Waals surface area contributed by atoms with E-state index in [9.17, 15) is 9.59 Å². The molecule has 0 aliphatic carbocycles. The molecular formula is C16H19BrN2O3. The summed E-state index contributed by atoms with van der Waals surface area (Å²) in [5.41, 5.74) is 1.04. The van der Waals surface area contributed by atoms with E-state index in [-0.39, 0.29) is 18.2 Å². The van der Waals surface area contributed by atoms with Gasteiger partial charge in [-0.1, -0.05) is 35.8 Å². The van der Waals surface area contributed by atoms with Gasteiger partial charge in [-0.3, -0.25) is 4.79 Å². The molecule has 0 spiro atoms. The molecule has 0 unspecified atom stereocenters. The lowest BCUT2D eigenvalue weighted by molar-refractivity contribution is -0.143. The minimum Gasteiger partial charge on any atom is -0.480 e. The van der Waals surface area contributed by atoms with Gasteiger partial charge in [-0.2, -0.15) is 0 Å². The zero-order chi connectivity index (χ0) is 16.3. The maximum atomic E-state index is 12.0. The van der Waals surface area contributed by atoms with Crippen molar-refractivity contribution in [3.05, 3.63) is 34.9 Å². The molecule has 1 heterocycles. The lowest BCUT2D eigenvalue weighted by Gasteiger charge is -2.18. The van der Waals surface area contributed by atoms with Crippen LogP contribution in [0.5, 0.6) is 0 Å². The number of carbonyl (C=O) groups is 2. The molecule has 5 nitrogen and oxygen atoms in total. The van der Waals surface area contributed by atoms with E-state index in [0.717, 1.165) is 15.4 Å². The minimum atomic E-state index is -1.00. The van der Waals surface area contributed by atoms with Crippen LogP contribution in [-0.4, -0.2) is 27.6 Å². The average Bonchev–Trinajstić information content (AvgIpc) is 2.86. The van der Waals surface area contributed by atoms with E-state index in [2.05, 4.69) is 21.2 Å². The fourth-order valence-corrected chi connectivity index (χ4v) is 2.85. The highest BCUT2D eigenvalue weighted by molar-refractivity contribution is 9.10. The Hall–Kier alpha value is -1.82. The SMILES string of the molecule is CC(C)[C@@H](NC(=O)CCn1ccc2c(Br)cccc21)C(=O)O. The molecule has 2 aromatic rings. The van der Waals surface area contributed by atoms with Gasteiger partial charge in [0.05, 0.1) is 0 Å². The topological polar surface area (TPSA) is 71.3 Å². The van der Waals surface area contributed by atoms with Crippen molar-refractivity contribution in [1.82, 2.24) is 9.88 Å². The Morgan fingerprint density at radius 2 is 2.05 bits per heavy atom. The largest absolute Gasteiger partial charge is 0.480 e. The Bertz CT molecular complexity index is 694. The quantitative estimate of drug-likeness (QED) is 0.825. The summed E-state index contributed by atoms with van der Waals surface area (Å²) in [4.78, 5) is 23.1. The summed E-state index contributed by atoms with van der Waals surface area (Å²) >= 11 is 3.50. The average molecular weight is 367 g/mol. The van der Waals surface area contributed by atoms with Crippen molar-refractivity contribution in [2.45, 2.75) is 32.9 Å². The number of benzene rings is 1. The van der Waals surface area contributed by atoms with Crippen LogP contribution in [0.1, 0.15) is 20.3 Å². The molecule has 1 aromatic heterocycles. The molecule has 1 atom stereocenters. The normalized spacial score (nSPS) is 12.5. The number of rotatable bonds is 6. The van der Waals surface area contributed by atoms with Gasteiger partial charge in [-0.25, -0.2) is 4.79 Å². The molecule has 0 saturated heterocycles. The van der Waals surface area contributed by atoms with Gasteiger partial charge in [-0.15, -0.1) is 0 Å². The van der Waals surface area contributed by atoms with Crippen molar-refractivity contribution >= 4 is 38.7 Å². The number of nitrogens with zero attached hydrogens (tertiary/aromatic N) is 1. The van der Waals surface area contributed by atoms with Gasteiger partial charge in [-0.05, 0) is 24.1 Å². The number of hydrogen-bond acceptors (Lipinski definition) is 2. The highest BCUT2D eigenvalue weighted by Crippen LogP contribution is 2.24. The third kappa shape index (κ3) is 3.68. The van der Waals surface area contributed by atoms with Crippen LogP contribution in [0.4, 0.5) is 0 Å². The van der Waals surface area contributed by atoms with Gasteiger partial charge in [0.25, 0.3) is 0 Å². The summed E-state index contributed by atoms with van der Waals surface area (Å²) in [5, 5.41) is 12.8. The molecule has 1 amide bonds. The van der Waals surface area contributed by atoms with Crippen LogP contribution < -0.4 is 5.32 Å². The molecule has 2 rings (SSSR count). The zero-order valence-electron chi connectivity index (χ0n) is 12.5. The Kier molecular flexibility index (Phi) is 5.24. The van der Waals surface area contributed by atoms with E-state index in [1.807, 2.05) is 35.0 Å². The Labute approximate surface area is 137 Å². The maximum Gasteiger partial charge on any atom is 0.326 e. The molecule has 0 saturated carbocycles. The Morgan fingerprint density at radius 3 is 2.68 bits per heavy atom. The molecule has 0 aliphatic rings. The van der Waals surface area contributed by atoms with Gasteiger partial charge in [0.15, 0.2) is 0 Å². The molecule has 2 N–H and O–H groups in total. The van der Waals surface area contributed by atoms with Crippen molar-refractivity contribution in [2.24, 2.45) is 5.92 Å². The number of aliphatic carboxylic acids is 1. The van der Waals surface area contributed by atoms with E-state index in [1.165, 1.54) is 0 Å². The second-order valence-corrected chi connectivity index (χ2v) is 6.41. The van der Waals surface area contributed by atoms with Crippen molar-refractivity contribution in [3.63, 3.8) is 0 Å². The number of nitrogens with one attached hydrogen (secondary N) is 1. The molecule has 0 bridgehead atoms. The van der Waals surface area contributed by atoms with E-state index in [4.69, 9.17) is 5.11 Å². The van der Waals surface area contributed by atoms with E-state index in [0.29, 0.717) is 6.54 Å². The fraction of sp³-hybridized carbons (Fsp3) is 0.375. The van der Waals surface area contributed by atoms with Crippen LogP contribution in [0.15, 0.2) is 34.9 Å². The number of carbonyl (C=O) groups excluding carboxylic acids is 1. The second kappa shape index (κ2) is 6.96. The van der Waals surface area contributed by atoms with Crippen LogP contribution in [0.2, 0.25) is 0 Å². The van der Waals surface area contributed by atoms with Crippen molar-refractivity contribution in [3.8, 4) is 0 Å². The molecular weight excluding hydrogens is 348 g/mol. The van der Waals surface area contributed by atoms with Crippen LogP contribution in [0.3, 0.4) is 0 Å². The predicted octanol–water partition coefficient (Wildman–Crippen LogP) is 3.02. The lowest BCUT2D eigenvalue weighted by Crippen LogP contribution is -2.44. The second-order valence-electron chi connectivity index (χ2n) is 5.56. The van der Waals surface area contributed by atoms with Gasteiger partial charge in [0.2, 0.25) is 5.91 Å². The number of carboxylic acid groups (broad SMARTS) is 1. The van der Waals surface area contributed by atoms with Gasteiger partial charge < -0.3 is 15.0 Å². The molecule has 6 heteroatoms. The number of aryl methyl sites for hydroxylation is 1. The summed E-state index contributed by atoms with van der Waals surface area (Å²) in [6.07, 6.45) is 2.17. The van der Waals surface area contributed by atoms with Crippen LogP contribution in [-0.2, 0) is 16.1 Å². The van der Waals surface area contributed by atoms with E-state index in [1.54, 1.807) is 13.8 Å². The molecule has 1 aromatic carbocycles.